The van der Waals surface area contributed by atoms with Crippen molar-refractivity contribution < 1.29 is 27.9 Å². The number of nitrogens with one attached hydrogen (secondary N) is 1. The highest BCUT2D eigenvalue weighted by Gasteiger charge is 2.35. The van der Waals surface area contributed by atoms with Crippen molar-refractivity contribution in [1.82, 2.24) is 19.7 Å². The third-order valence-corrected chi connectivity index (χ3v) is 4.26. The average Bonchev–Trinajstić information content (AvgIpc) is 3.09. The molecule has 2 N–H and O–H groups in total. The Labute approximate surface area is 151 Å². The molecule has 144 valence electrons. The smallest absolute Gasteiger partial charge is 0.420 e. The van der Waals surface area contributed by atoms with E-state index in [1.165, 1.54) is 29.4 Å². The van der Waals surface area contributed by atoms with Crippen LogP contribution in [0.4, 0.5) is 23.8 Å². The number of carbonyl (C=O) groups excluding carboxylic acids is 1. The highest BCUT2D eigenvalue weighted by Crippen LogP contribution is 2.32. The number of hydrogen-bond donors (Lipinski definition) is 2. The van der Waals surface area contributed by atoms with Crippen LogP contribution in [-0.4, -0.2) is 49.9 Å². The normalized spacial score (nSPS) is 15.6. The Morgan fingerprint density at radius 2 is 1.93 bits per heavy atom. The van der Waals surface area contributed by atoms with Crippen LogP contribution in [0.15, 0.2) is 30.6 Å². The summed E-state index contributed by atoms with van der Waals surface area (Å²) in [5.41, 5.74) is -0.943. The summed E-state index contributed by atoms with van der Waals surface area (Å²) in [6.07, 6.45) is -1.41. The molecular weight excluding hydrogens is 367 g/mol. The molecule has 0 radical (unpaired) electrons. The van der Waals surface area contributed by atoms with E-state index in [4.69, 9.17) is 5.11 Å². The monoisotopic (exact) mass is 383 g/mol. The van der Waals surface area contributed by atoms with Gasteiger partial charge >= 0.3 is 18.2 Å². The molecular formula is C16H16F3N5O3. The second kappa shape index (κ2) is 7.25. The summed E-state index contributed by atoms with van der Waals surface area (Å²) in [5, 5.41) is 15.4. The predicted octanol–water partition coefficient (Wildman–Crippen LogP) is 2.61. The summed E-state index contributed by atoms with van der Waals surface area (Å²) < 4.78 is 40.2. The number of anilines is 1. The number of pyridine rings is 1. The van der Waals surface area contributed by atoms with Gasteiger partial charge in [0.25, 0.3) is 0 Å². The quantitative estimate of drug-likeness (QED) is 0.849. The van der Waals surface area contributed by atoms with Crippen LogP contribution in [0, 0.1) is 5.92 Å². The molecule has 0 aromatic carbocycles. The maximum Gasteiger partial charge on any atom is 0.420 e. The van der Waals surface area contributed by atoms with Crippen LogP contribution in [0.1, 0.15) is 18.4 Å². The van der Waals surface area contributed by atoms with Crippen LogP contribution in [-0.2, 0) is 11.0 Å². The summed E-state index contributed by atoms with van der Waals surface area (Å²) in [5.74, 6) is -1.69. The number of rotatable bonds is 3. The van der Waals surface area contributed by atoms with Crippen molar-refractivity contribution in [2.24, 2.45) is 5.92 Å². The maximum atomic E-state index is 13.1. The number of alkyl halides is 3. The zero-order valence-electron chi connectivity index (χ0n) is 14.0. The van der Waals surface area contributed by atoms with Crippen molar-refractivity contribution >= 4 is 17.8 Å². The molecule has 2 aromatic rings. The molecule has 0 aliphatic carbocycles. The summed E-state index contributed by atoms with van der Waals surface area (Å²) in [6, 6.07) is 2.95. The molecule has 8 nitrogen and oxygen atoms in total. The minimum Gasteiger partial charge on any atom is -0.481 e. The molecule has 1 aliphatic rings. The lowest BCUT2D eigenvalue weighted by molar-refractivity contribution is -0.143. The zero-order valence-corrected chi connectivity index (χ0v) is 14.0. The Hall–Kier alpha value is -3.11. The van der Waals surface area contributed by atoms with Crippen molar-refractivity contribution in [1.29, 1.82) is 0 Å². The van der Waals surface area contributed by atoms with E-state index in [0.29, 0.717) is 12.8 Å². The number of nitrogens with zero attached hydrogens (tertiary/aromatic N) is 4. The Morgan fingerprint density at radius 3 is 2.56 bits per heavy atom. The number of hydrogen-bond acceptors (Lipinski definition) is 4. The van der Waals surface area contributed by atoms with Gasteiger partial charge in [-0.1, -0.05) is 0 Å². The summed E-state index contributed by atoms with van der Waals surface area (Å²) in [7, 11) is 0. The molecule has 11 heteroatoms. The Morgan fingerprint density at radius 1 is 1.22 bits per heavy atom. The van der Waals surface area contributed by atoms with E-state index in [2.05, 4.69) is 15.4 Å². The molecule has 1 fully saturated rings. The fourth-order valence-electron chi connectivity index (χ4n) is 2.83. The predicted molar refractivity (Wildman–Crippen MR) is 87.3 cm³/mol. The van der Waals surface area contributed by atoms with Gasteiger partial charge in [-0.15, -0.1) is 5.10 Å². The first kappa shape index (κ1) is 18.7. The Kier molecular flexibility index (Phi) is 5.02. The largest absolute Gasteiger partial charge is 0.481 e. The van der Waals surface area contributed by atoms with Crippen molar-refractivity contribution in [2.75, 3.05) is 18.4 Å². The SMILES string of the molecule is O=C(O)C1CCN(C(=O)Nc2ccn(-c3ncccc3C(F)(F)F)n2)CC1. The lowest BCUT2D eigenvalue weighted by Crippen LogP contribution is -2.42. The minimum absolute atomic E-state index is 0.0686. The second-order valence-electron chi connectivity index (χ2n) is 6.05. The van der Waals surface area contributed by atoms with Gasteiger partial charge < -0.3 is 10.0 Å². The van der Waals surface area contributed by atoms with Crippen LogP contribution in [0.2, 0.25) is 0 Å². The summed E-state index contributed by atoms with van der Waals surface area (Å²) >= 11 is 0. The molecule has 2 aromatic heterocycles. The number of halogens is 3. The number of carbonyl (C=O) groups is 2. The summed E-state index contributed by atoms with van der Waals surface area (Å²) in [6.45, 7) is 0.559. The molecule has 1 saturated heterocycles. The topological polar surface area (TPSA) is 100 Å². The van der Waals surface area contributed by atoms with E-state index in [9.17, 15) is 22.8 Å². The molecule has 0 spiro atoms. The van der Waals surface area contributed by atoms with Crippen molar-refractivity contribution in [3.05, 3.63) is 36.2 Å². The van der Waals surface area contributed by atoms with Gasteiger partial charge in [0.05, 0.1) is 5.92 Å². The van der Waals surface area contributed by atoms with Gasteiger partial charge in [0.2, 0.25) is 0 Å². The number of piperidine rings is 1. The highest BCUT2D eigenvalue weighted by atomic mass is 19.4. The minimum atomic E-state index is -4.59. The van der Waals surface area contributed by atoms with Crippen LogP contribution < -0.4 is 5.32 Å². The van der Waals surface area contributed by atoms with Crippen molar-refractivity contribution in [2.45, 2.75) is 19.0 Å². The Balaban J connectivity index is 1.69. The van der Waals surface area contributed by atoms with Crippen molar-refractivity contribution in [3.8, 4) is 5.82 Å². The Bertz CT molecular complexity index is 844. The van der Waals surface area contributed by atoms with Crippen LogP contribution >= 0.6 is 0 Å². The lowest BCUT2D eigenvalue weighted by atomic mass is 9.97. The van der Waals surface area contributed by atoms with Gasteiger partial charge in [-0.25, -0.2) is 14.5 Å². The molecule has 27 heavy (non-hydrogen) atoms. The number of urea groups is 1. The van der Waals surface area contributed by atoms with Crippen LogP contribution in [0.3, 0.4) is 0 Å². The molecule has 0 bridgehead atoms. The average molecular weight is 383 g/mol. The summed E-state index contributed by atoms with van der Waals surface area (Å²) in [4.78, 5) is 28.3. The first-order valence-corrected chi connectivity index (χ1v) is 8.12. The maximum absolute atomic E-state index is 13.1. The third kappa shape index (κ3) is 4.18. The number of aromatic nitrogens is 3. The van der Waals surface area contributed by atoms with E-state index in [1.807, 2.05) is 0 Å². The van der Waals surface area contributed by atoms with Crippen LogP contribution in [0.25, 0.3) is 5.82 Å². The van der Waals surface area contributed by atoms with Crippen molar-refractivity contribution in [3.63, 3.8) is 0 Å². The molecule has 1 aliphatic heterocycles. The fraction of sp³-hybridized carbons (Fsp3) is 0.375. The van der Waals surface area contributed by atoms with Gasteiger partial charge in [-0.2, -0.15) is 13.2 Å². The van der Waals surface area contributed by atoms with Gasteiger partial charge in [0.1, 0.15) is 5.56 Å². The highest BCUT2D eigenvalue weighted by molar-refractivity contribution is 5.88. The molecule has 0 unspecified atom stereocenters. The number of aliphatic carboxylic acids is 1. The standard InChI is InChI=1S/C16H16F3N5O3/c17-16(18,19)11-2-1-6-20-13(11)24-9-5-12(22-24)21-15(27)23-7-3-10(4-8-23)14(25)26/h1-2,5-6,9-10H,3-4,7-8H2,(H,25,26)(H,21,22,27). The van der Waals surface area contributed by atoms with Gasteiger partial charge in [-0.3, -0.25) is 10.1 Å². The number of amides is 2. The number of carboxylic acids is 1. The number of carboxylic acid groups (broad SMARTS) is 1. The van der Waals surface area contributed by atoms with E-state index >= 15 is 0 Å². The molecule has 3 heterocycles. The van der Waals surface area contributed by atoms with Crippen LogP contribution in [0.5, 0.6) is 0 Å². The van der Waals surface area contributed by atoms with E-state index < -0.39 is 35.5 Å². The zero-order chi connectivity index (χ0) is 19.6. The van der Waals surface area contributed by atoms with E-state index in [0.717, 1.165) is 10.7 Å². The lowest BCUT2D eigenvalue weighted by Gasteiger charge is -2.29. The first-order chi connectivity index (χ1) is 12.8. The van der Waals surface area contributed by atoms with Gasteiger partial charge in [0, 0.05) is 31.5 Å². The van der Waals surface area contributed by atoms with E-state index in [-0.39, 0.29) is 18.9 Å². The first-order valence-electron chi connectivity index (χ1n) is 8.12. The van der Waals surface area contributed by atoms with Gasteiger partial charge in [0.15, 0.2) is 11.6 Å². The molecule has 0 atom stereocenters. The molecule has 3 rings (SSSR count). The number of likely N-dealkylation sites (tertiary alicyclic amines) is 1. The fourth-order valence-corrected chi connectivity index (χ4v) is 2.83. The third-order valence-electron chi connectivity index (χ3n) is 4.26. The van der Waals surface area contributed by atoms with E-state index in [1.54, 1.807) is 0 Å². The molecule has 2 amide bonds. The van der Waals surface area contributed by atoms with Gasteiger partial charge in [-0.05, 0) is 25.0 Å². The molecule has 0 saturated carbocycles. The second-order valence-corrected chi connectivity index (χ2v) is 6.05.